The summed E-state index contributed by atoms with van der Waals surface area (Å²) in [5.41, 5.74) is 1.39. The van der Waals surface area contributed by atoms with Crippen LogP contribution in [0.25, 0.3) is 0 Å². The maximum Gasteiger partial charge on any atom is 0.338 e. The number of ether oxygens (including phenoxy) is 1. The number of carbonyl (C=O) groups is 2. The predicted molar refractivity (Wildman–Crippen MR) is 76.2 cm³/mol. The third-order valence-corrected chi connectivity index (χ3v) is 3.78. The summed E-state index contributed by atoms with van der Waals surface area (Å²) in [6.07, 6.45) is 2.82. The molecule has 0 radical (unpaired) electrons. The molecule has 1 unspecified atom stereocenters. The number of hydrogen-bond acceptors (Lipinski definition) is 3. The Morgan fingerprint density at radius 1 is 1.40 bits per heavy atom. The van der Waals surface area contributed by atoms with Crippen LogP contribution in [-0.4, -0.2) is 30.4 Å². The number of methoxy groups -OCH3 is 1. The van der Waals surface area contributed by atoms with Gasteiger partial charge < -0.3 is 9.64 Å². The number of rotatable bonds is 5. The Balaban J connectivity index is 2.11. The third-order valence-electron chi connectivity index (χ3n) is 3.78. The Kier molecular flexibility index (Phi) is 4.77. The molecule has 1 aliphatic rings. The van der Waals surface area contributed by atoms with Crippen LogP contribution in [0.2, 0.25) is 0 Å². The van der Waals surface area contributed by atoms with Crippen molar-refractivity contribution in [2.75, 3.05) is 13.7 Å². The molecule has 1 amide bonds. The number of likely N-dealkylation sites (tertiary alicyclic amines) is 1. The van der Waals surface area contributed by atoms with Crippen molar-refractivity contribution in [3.05, 3.63) is 35.4 Å². The maximum absolute atomic E-state index is 12.0. The number of hydrogen-bond donors (Lipinski definition) is 0. The van der Waals surface area contributed by atoms with Gasteiger partial charge >= 0.3 is 5.97 Å². The van der Waals surface area contributed by atoms with Crippen LogP contribution in [0.1, 0.15) is 42.1 Å². The zero-order valence-electron chi connectivity index (χ0n) is 12.1. The van der Waals surface area contributed by atoms with Crippen molar-refractivity contribution < 1.29 is 14.3 Å². The topological polar surface area (TPSA) is 46.6 Å². The first-order chi connectivity index (χ1) is 9.65. The van der Waals surface area contributed by atoms with Crippen molar-refractivity contribution in [1.29, 1.82) is 0 Å². The van der Waals surface area contributed by atoms with Gasteiger partial charge in [0, 0.05) is 19.5 Å². The Morgan fingerprint density at radius 2 is 2.15 bits per heavy atom. The standard InChI is InChI=1S/C16H21NO3/c1-3-6-12-9-15(18)17(10-12)11-13-7-4-5-8-14(13)16(19)20-2/h4-5,7-8,12H,3,6,9-11H2,1-2H3. The van der Waals surface area contributed by atoms with Crippen molar-refractivity contribution in [3.8, 4) is 0 Å². The van der Waals surface area contributed by atoms with Gasteiger partial charge in [0.05, 0.1) is 12.7 Å². The summed E-state index contributed by atoms with van der Waals surface area (Å²) in [6.45, 7) is 3.42. The van der Waals surface area contributed by atoms with E-state index in [0.717, 1.165) is 24.9 Å². The Hall–Kier alpha value is -1.84. The van der Waals surface area contributed by atoms with Gasteiger partial charge in [-0.1, -0.05) is 31.5 Å². The average molecular weight is 275 g/mol. The fourth-order valence-electron chi connectivity index (χ4n) is 2.78. The van der Waals surface area contributed by atoms with E-state index in [9.17, 15) is 9.59 Å². The van der Waals surface area contributed by atoms with Gasteiger partial charge in [-0.15, -0.1) is 0 Å². The van der Waals surface area contributed by atoms with E-state index in [-0.39, 0.29) is 11.9 Å². The summed E-state index contributed by atoms with van der Waals surface area (Å²) in [7, 11) is 1.37. The minimum Gasteiger partial charge on any atom is -0.465 e. The lowest BCUT2D eigenvalue weighted by Crippen LogP contribution is -2.25. The van der Waals surface area contributed by atoms with E-state index in [0.29, 0.717) is 24.4 Å². The highest BCUT2D eigenvalue weighted by Gasteiger charge is 2.29. The van der Waals surface area contributed by atoms with E-state index < -0.39 is 0 Å². The molecule has 2 rings (SSSR count). The summed E-state index contributed by atoms with van der Waals surface area (Å²) in [5.74, 6) is 0.290. The molecule has 1 heterocycles. The number of nitrogens with zero attached hydrogens (tertiary/aromatic N) is 1. The van der Waals surface area contributed by atoms with Crippen molar-refractivity contribution >= 4 is 11.9 Å². The Morgan fingerprint density at radius 3 is 2.85 bits per heavy atom. The van der Waals surface area contributed by atoms with Gasteiger partial charge in [-0.25, -0.2) is 4.79 Å². The molecule has 1 fully saturated rings. The average Bonchev–Trinajstić information content (AvgIpc) is 2.79. The second kappa shape index (κ2) is 6.55. The van der Waals surface area contributed by atoms with Gasteiger partial charge in [0.25, 0.3) is 0 Å². The van der Waals surface area contributed by atoms with E-state index in [1.54, 1.807) is 12.1 Å². The minimum atomic E-state index is -0.350. The van der Waals surface area contributed by atoms with E-state index in [4.69, 9.17) is 4.74 Å². The molecule has 20 heavy (non-hydrogen) atoms. The molecule has 1 saturated heterocycles. The van der Waals surface area contributed by atoms with Crippen LogP contribution in [-0.2, 0) is 16.1 Å². The molecule has 0 bridgehead atoms. The van der Waals surface area contributed by atoms with Crippen molar-refractivity contribution in [1.82, 2.24) is 4.90 Å². The summed E-state index contributed by atoms with van der Waals surface area (Å²) < 4.78 is 4.79. The van der Waals surface area contributed by atoms with Crippen LogP contribution in [0.15, 0.2) is 24.3 Å². The molecule has 0 aromatic heterocycles. The second-order valence-corrected chi connectivity index (χ2v) is 5.28. The molecular formula is C16H21NO3. The van der Waals surface area contributed by atoms with Gasteiger partial charge in [0.15, 0.2) is 0 Å². The van der Waals surface area contributed by atoms with Crippen LogP contribution in [0.4, 0.5) is 0 Å². The lowest BCUT2D eigenvalue weighted by molar-refractivity contribution is -0.128. The summed E-state index contributed by atoms with van der Waals surface area (Å²) >= 11 is 0. The van der Waals surface area contributed by atoms with E-state index in [2.05, 4.69) is 6.92 Å². The van der Waals surface area contributed by atoms with Crippen molar-refractivity contribution in [2.45, 2.75) is 32.7 Å². The molecule has 1 aromatic carbocycles. The van der Waals surface area contributed by atoms with Gasteiger partial charge in [-0.05, 0) is 24.0 Å². The molecule has 4 heteroatoms. The lowest BCUT2D eigenvalue weighted by Gasteiger charge is -2.18. The fraction of sp³-hybridized carbons (Fsp3) is 0.500. The molecular weight excluding hydrogens is 254 g/mol. The lowest BCUT2D eigenvalue weighted by atomic mass is 10.0. The highest BCUT2D eigenvalue weighted by molar-refractivity contribution is 5.91. The normalized spacial score (nSPS) is 18.4. The number of esters is 1. The second-order valence-electron chi connectivity index (χ2n) is 5.28. The highest BCUT2D eigenvalue weighted by atomic mass is 16.5. The molecule has 0 N–H and O–H groups in total. The zero-order chi connectivity index (χ0) is 14.5. The van der Waals surface area contributed by atoms with Crippen LogP contribution < -0.4 is 0 Å². The van der Waals surface area contributed by atoms with Crippen LogP contribution in [0.5, 0.6) is 0 Å². The Labute approximate surface area is 119 Å². The van der Waals surface area contributed by atoms with Crippen molar-refractivity contribution in [2.24, 2.45) is 5.92 Å². The van der Waals surface area contributed by atoms with Gasteiger partial charge in [-0.3, -0.25) is 4.79 Å². The van der Waals surface area contributed by atoms with E-state index in [1.165, 1.54) is 7.11 Å². The zero-order valence-corrected chi connectivity index (χ0v) is 12.1. The molecule has 4 nitrogen and oxygen atoms in total. The molecule has 1 aromatic rings. The number of benzene rings is 1. The quantitative estimate of drug-likeness (QED) is 0.776. The molecule has 108 valence electrons. The smallest absolute Gasteiger partial charge is 0.338 e. The molecule has 1 aliphatic heterocycles. The maximum atomic E-state index is 12.0. The fourth-order valence-corrected chi connectivity index (χ4v) is 2.78. The monoisotopic (exact) mass is 275 g/mol. The van der Waals surface area contributed by atoms with Gasteiger partial charge in [0.2, 0.25) is 5.91 Å². The summed E-state index contributed by atoms with van der Waals surface area (Å²) in [4.78, 5) is 25.6. The van der Waals surface area contributed by atoms with E-state index >= 15 is 0 Å². The largest absolute Gasteiger partial charge is 0.465 e. The third kappa shape index (κ3) is 3.18. The SMILES string of the molecule is CCCC1CC(=O)N(Cc2ccccc2C(=O)OC)C1. The highest BCUT2D eigenvalue weighted by Crippen LogP contribution is 2.24. The van der Waals surface area contributed by atoms with Crippen LogP contribution >= 0.6 is 0 Å². The molecule has 0 spiro atoms. The molecule has 0 saturated carbocycles. The van der Waals surface area contributed by atoms with Crippen LogP contribution in [0.3, 0.4) is 0 Å². The predicted octanol–water partition coefficient (Wildman–Crippen LogP) is 2.62. The van der Waals surface area contributed by atoms with E-state index in [1.807, 2.05) is 17.0 Å². The summed E-state index contributed by atoms with van der Waals surface area (Å²) in [5, 5.41) is 0. The molecule has 1 atom stereocenters. The number of carbonyl (C=O) groups excluding carboxylic acids is 2. The first-order valence-electron chi connectivity index (χ1n) is 7.09. The first kappa shape index (κ1) is 14.6. The first-order valence-corrected chi connectivity index (χ1v) is 7.09. The summed E-state index contributed by atoms with van der Waals surface area (Å²) in [6, 6.07) is 7.31. The minimum absolute atomic E-state index is 0.183. The molecule has 0 aliphatic carbocycles. The Bertz CT molecular complexity index is 498. The van der Waals surface area contributed by atoms with Gasteiger partial charge in [-0.2, -0.15) is 0 Å². The van der Waals surface area contributed by atoms with Crippen molar-refractivity contribution in [3.63, 3.8) is 0 Å². The van der Waals surface area contributed by atoms with Gasteiger partial charge in [0.1, 0.15) is 0 Å². The number of amides is 1. The van der Waals surface area contributed by atoms with Crippen LogP contribution in [0, 0.1) is 5.92 Å².